The molecule has 4 nitrogen and oxygen atoms in total. The smallest absolute Gasteiger partial charge is 0.416 e. The molecule has 0 heterocycles. The zero-order valence-electron chi connectivity index (χ0n) is 20.0. The quantitative estimate of drug-likeness (QED) is 0.207. The lowest BCUT2D eigenvalue weighted by Gasteiger charge is -2.21. The molecule has 2 aromatic rings. The Hall–Kier alpha value is -3.27. The molecular formula is C28H32F3NO3. The van der Waals surface area contributed by atoms with Crippen LogP contribution in [-0.2, 0) is 22.3 Å². The number of carboxylic acid groups (broad SMARTS) is 1. The van der Waals surface area contributed by atoms with E-state index in [1.54, 1.807) is 24.3 Å². The van der Waals surface area contributed by atoms with Gasteiger partial charge in [0.25, 0.3) is 0 Å². The molecule has 0 spiro atoms. The number of unbranched alkanes of at least 4 members (excludes halogenated alkanes) is 8. The highest BCUT2D eigenvalue weighted by molar-refractivity contribution is 6.37. The van der Waals surface area contributed by atoms with E-state index in [2.05, 4.69) is 18.8 Å². The number of anilines is 1. The molecule has 0 aliphatic heterocycles. The lowest BCUT2D eigenvalue weighted by atomic mass is 10.1. The third kappa shape index (κ3) is 9.86. The molecule has 0 atom stereocenters. The molecule has 0 unspecified atom stereocenters. The summed E-state index contributed by atoms with van der Waals surface area (Å²) in [4.78, 5) is 24.4. The van der Waals surface area contributed by atoms with Crippen LogP contribution in [0.5, 0.6) is 0 Å². The number of aliphatic carboxylic acids is 1. The minimum absolute atomic E-state index is 0.0691. The van der Waals surface area contributed by atoms with Crippen LogP contribution in [-0.4, -0.2) is 17.0 Å². The lowest BCUT2D eigenvalue weighted by Crippen LogP contribution is -2.36. The second kappa shape index (κ2) is 14.2. The minimum Gasteiger partial charge on any atom is -0.474 e. The van der Waals surface area contributed by atoms with E-state index >= 15 is 0 Å². The van der Waals surface area contributed by atoms with E-state index in [0.29, 0.717) is 5.56 Å². The summed E-state index contributed by atoms with van der Waals surface area (Å²) in [5.74, 6) is 3.36. The number of carboxylic acids is 1. The molecule has 7 heteroatoms. The van der Waals surface area contributed by atoms with Crippen LogP contribution in [0.4, 0.5) is 18.9 Å². The largest absolute Gasteiger partial charge is 0.474 e. The van der Waals surface area contributed by atoms with Crippen LogP contribution in [0.15, 0.2) is 48.5 Å². The van der Waals surface area contributed by atoms with Crippen LogP contribution >= 0.6 is 0 Å². The third-order valence-electron chi connectivity index (χ3n) is 5.62. The van der Waals surface area contributed by atoms with E-state index in [4.69, 9.17) is 5.11 Å². The number of nitrogens with zero attached hydrogens (tertiary/aromatic N) is 1. The van der Waals surface area contributed by atoms with Crippen molar-refractivity contribution in [3.05, 3.63) is 65.2 Å². The molecule has 0 aliphatic carbocycles. The fourth-order valence-corrected chi connectivity index (χ4v) is 3.61. The summed E-state index contributed by atoms with van der Waals surface area (Å²) < 4.78 is 38.5. The Labute approximate surface area is 205 Å². The van der Waals surface area contributed by atoms with E-state index < -0.39 is 23.6 Å². The summed E-state index contributed by atoms with van der Waals surface area (Å²) in [6.07, 6.45) is 6.26. The Bertz CT molecular complexity index is 1000. The SMILES string of the molecule is CCCCCCCCCCC#Cc1ccc(CN(C(=O)C(=O)O)c2ccc(C(F)(F)F)cc2)cc1. The van der Waals surface area contributed by atoms with Gasteiger partial charge in [0.05, 0.1) is 12.1 Å². The summed E-state index contributed by atoms with van der Waals surface area (Å²) >= 11 is 0. The fraction of sp³-hybridized carbons (Fsp3) is 0.429. The molecule has 35 heavy (non-hydrogen) atoms. The van der Waals surface area contributed by atoms with Crippen molar-refractivity contribution in [1.29, 1.82) is 0 Å². The van der Waals surface area contributed by atoms with Gasteiger partial charge < -0.3 is 5.11 Å². The van der Waals surface area contributed by atoms with Gasteiger partial charge in [-0.3, -0.25) is 9.69 Å². The maximum atomic E-state index is 12.8. The van der Waals surface area contributed by atoms with Crippen LogP contribution in [0.3, 0.4) is 0 Å². The number of hydrogen-bond acceptors (Lipinski definition) is 2. The molecule has 1 N–H and O–H groups in total. The molecule has 0 bridgehead atoms. The fourth-order valence-electron chi connectivity index (χ4n) is 3.61. The standard InChI is InChI=1S/C28H32F3NO3/c1-2-3-4-5-6-7-8-9-10-11-12-22-13-15-23(16-14-22)21-32(26(33)27(34)35)25-19-17-24(18-20-25)28(29,30)31/h13-20H,2-10,21H2,1H3,(H,34,35). The van der Waals surface area contributed by atoms with E-state index in [-0.39, 0.29) is 12.2 Å². The van der Waals surface area contributed by atoms with Crippen molar-refractivity contribution in [1.82, 2.24) is 0 Å². The van der Waals surface area contributed by atoms with E-state index in [1.807, 2.05) is 0 Å². The molecule has 0 radical (unpaired) electrons. The normalized spacial score (nSPS) is 11.0. The Morgan fingerprint density at radius 1 is 0.857 bits per heavy atom. The van der Waals surface area contributed by atoms with Crippen LogP contribution in [0, 0.1) is 11.8 Å². The summed E-state index contributed by atoms with van der Waals surface area (Å²) in [6.45, 7) is 2.12. The molecular weight excluding hydrogens is 455 g/mol. The molecule has 0 aliphatic rings. The van der Waals surface area contributed by atoms with Gasteiger partial charge in [-0.15, -0.1) is 0 Å². The highest BCUT2D eigenvalue weighted by Gasteiger charge is 2.31. The minimum atomic E-state index is -4.52. The van der Waals surface area contributed by atoms with Crippen molar-refractivity contribution in [2.24, 2.45) is 0 Å². The van der Waals surface area contributed by atoms with Crippen LogP contribution in [0.1, 0.15) is 81.4 Å². The second-order valence-electron chi connectivity index (χ2n) is 8.46. The highest BCUT2D eigenvalue weighted by Crippen LogP contribution is 2.31. The van der Waals surface area contributed by atoms with Crippen LogP contribution < -0.4 is 4.90 Å². The highest BCUT2D eigenvalue weighted by atomic mass is 19.4. The van der Waals surface area contributed by atoms with E-state index in [0.717, 1.165) is 47.6 Å². The number of benzene rings is 2. The first-order valence-electron chi connectivity index (χ1n) is 12.0. The monoisotopic (exact) mass is 487 g/mol. The van der Waals surface area contributed by atoms with Gasteiger partial charge in [0.15, 0.2) is 0 Å². The van der Waals surface area contributed by atoms with Crippen LogP contribution in [0.2, 0.25) is 0 Å². The summed E-state index contributed by atoms with van der Waals surface area (Å²) in [6, 6.07) is 10.9. The van der Waals surface area contributed by atoms with Gasteiger partial charge >= 0.3 is 18.1 Å². The van der Waals surface area contributed by atoms with Crippen molar-refractivity contribution in [3.63, 3.8) is 0 Å². The number of amides is 1. The van der Waals surface area contributed by atoms with Gasteiger partial charge in [-0.05, 0) is 48.4 Å². The topological polar surface area (TPSA) is 57.6 Å². The van der Waals surface area contributed by atoms with Gasteiger partial charge in [0.2, 0.25) is 0 Å². The van der Waals surface area contributed by atoms with Crippen molar-refractivity contribution in [3.8, 4) is 11.8 Å². The second-order valence-corrected chi connectivity index (χ2v) is 8.46. The third-order valence-corrected chi connectivity index (χ3v) is 5.62. The molecule has 0 saturated heterocycles. The maximum absolute atomic E-state index is 12.8. The first kappa shape index (κ1) is 28.0. The Kier molecular flexibility index (Phi) is 11.4. The average Bonchev–Trinajstić information content (AvgIpc) is 2.83. The van der Waals surface area contributed by atoms with Crippen molar-refractivity contribution in [2.75, 3.05) is 4.90 Å². The van der Waals surface area contributed by atoms with E-state index in [9.17, 15) is 22.8 Å². The Morgan fingerprint density at radius 3 is 1.97 bits per heavy atom. The average molecular weight is 488 g/mol. The van der Waals surface area contributed by atoms with Gasteiger partial charge in [-0.25, -0.2) is 4.79 Å². The molecule has 188 valence electrons. The molecule has 2 aromatic carbocycles. The first-order valence-corrected chi connectivity index (χ1v) is 12.0. The molecule has 0 fully saturated rings. The van der Waals surface area contributed by atoms with Gasteiger partial charge in [0.1, 0.15) is 0 Å². The Morgan fingerprint density at radius 2 is 1.43 bits per heavy atom. The maximum Gasteiger partial charge on any atom is 0.416 e. The number of carbonyl (C=O) groups excluding carboxylic acids is 1. The predicted molar refractivity (Wildman–Crippen MR) is 131 cm³/mol. The lowest BCUT2D eigenvalue weighted by molar-refractivity contribution is -0.148. The summed E-state index contributed by atoms with van der Waals surface area (Å²) in [5.41, 5.74) is 0.630. The van der Waals surface area contributed by atoms with E-state index in [1.165, 1.54) is 44.9 Å². The number of hydrogen-bond donors (Lipinski definition) is 1. The number of rotatable bonds is 11. The molecule has 1 amide bonds. The molecule has 0 saturated carbocycles. The summed E-state index contributed by atoms with van der Waals surface area (Å²) in [5, 5.41) is 9.15. The number of alkyl halides is 3. The van der Waals surface area contributed by atoms with Gasteiger partial charge in [-0.1, -0.05) is 75.8 Å². The van der Waals surface area contributed by atoms with Gasteiger partial charge in [0, 0.05) is 17.7 Å². The Balaban J connectivity index is 1.93. The predicted octanol–water partition coefficient (Wildman–Crippen LogP) is 7.21. The van der Waals surface area contributed by atoms with Crippen LogP contribution in [0.25, 0.3) is 0 Å². The zero-order chi connectivity index (χ0) is 25.7. The first-order chi connectivity index (χ1) is 16.7. The molecule has 2 rings (SSSR count). The number of carbonyl (C=O) groups is 2. The van der Waals surface area contributed by atoms with Gasteiger partial charge in [-0.2, -0.15) is 13.2 Å². The van der Waals surface area contributed by atoms with Crippen molar-refractivity contribution >= 4 is 17.6 Å². The van der Waals surface area contributed by atoms with Crippen molar-refractivity contribution in [2.45, 2.75) is 77.4 Å². The summed E-state index contributed by atoms with van der Waals surface area (Å²) in [7, 11) is 0. The zero-order valence-corrected chi connectivity index (χ0v) is 20.0. The van der Waals surface area contributed by atoms with Crippen molar-refractivity contribution < 1.29 is 27.9 Å². The molecule has 0 aromatic heterocycles. The number of halogens is 3.